The van der Waals surface area contributed by atoms with Gasteiger partial charge in [0.25, 0.3) is 5.91 Å². The van der Waals surface area contributed by atoms with Crippen molar-refractivity contribution in [2.24, 2.45) is 0 Å². The number of anilines is 1. The number of hydrogen-bond donors (Lipinski definition) is 2. The smallest absolute Gasteiger partial charge is 0.324 e. The molecule has 1 saturated heterocycles. The van der Waals surface area contributed by atoms with Crippen LogP contribution in [0.3, 0.4) is 0 Å². The number of urea groups is 1. The second kappa shape index (κ2) is 6.20. The first-order valence-corrected chi connectivity index (χ1v) is 8.48. The van der Waals surface area contributed by atoms with Crippen LogP contribution in [-0.2, 0) is 9.59 Å². The van der Waals surface area contributed by atoms with E-state index in [1.807, 2.05) is 24.3 Å². The molecule has 2 N–H and O–H groups in total. The monoisotopic (exact) mass is 346 g/mol. The number of nitrogens with one attached hydrogen (secondary N) is 2. The predicted molar refractivity (Wildman–Crippen MR) is 91.8 cm³/mol. The Labute approximate surface area is 143 Å². The Morgan fingerprint density at radius 1 is 1.33 bits per heavy atom. The van der Waals surface area contributed by atoms with Gasteiger partial charge in [-0.05, 0) is 32.4 Å². The van der Waals surface area contributed by atoms with Crippen LogP contribution in [0.2, 0.25) is 0 Å². The Kier molecular flexibility index (Phi) is 4.23. The minimum Gasteiger partial charge on any atom is -0.324 e. The van der Waals surface area contributed by atoms with Crippen LogP contribution in [0.25, 0.3) is 10.2 Å². The molecule has 1 aliphatic heterocycles. The van der Waals surface area contributed by atoms with E-state index < -0.39 is 11.6 Å². The largest absolute Gasteiger partial charge is 0.325 e. The summed E-state index contributed by atoms with van der Waals surface area (Å²) in [6, 6.07) is 7.25. The van der Waals surface area contributed by atoms with Crippen molar-refractivity contribution < 1.29 is 14.4 Å². The molecule has 0 spiro atoms. The van der Waals surface area contributed by atoms with Gasteiger partial charge in [0.15, 0.2) is 5.13 Å². The maximum absolute atomic E-state index is 12.0. The first-order valence-electron chi connectivity index (χ1n) is 7.66. The third-order valence-corrected chi connectivity index (χ3v) is 4.72. The second-order valence-electron chi connectivity index (χ2n) is 6.15. The quantitative estimate of drug-likeness (QED) is 0.813. The minimum atomic E-state index is -0.875. The fourth-order valence-electron chi connectivity index (χ4n) is 2.53. The molecule has 1 fully saturated rings. The van der Waals surface area contributed by atoms with Crippen molar-refractivity contribution in [3.05, 3.63) is 24.3 Å². The normalized spacial score (nSPS) is 16.5. The lowest BCUT2D eigenvalue weighted by Gasteiger charge is -2.15. The number of nitrogens with zero attached hydrogens (tertiary/aromatic N) is 2. The van der Waals surface area contributed by atoms with E-state index in [-0.39, 0.29) is 24.8 Å². The summed E-state index contributed by atoms with van der Waals surface area (Å²) in [6.07, 6.45) is 0.624. The van der Waals surface area contributed by atoms with Crippen molar-refractivity contribution in [3.63, 3.8) is 0 Å². The molecule has 0 unspecified atom stereocenters. The van der Waals surface area contributed by atoms with E-state index in [0.717, 1.165) is 15.1 Å². The summed E-state index contributed by atoms with van der Waals surface area (Å²) in [4.78, 5) is 41.3. The van der Waals surface area contributed by atoms with E-state index >= 15 is 0 Å². The zero-order valence-corrected chi connectivity index (χ0v) is 14.3. The summed E-state index contributed by atoms with van der Waals surface area (Å²) < 4.78 is 1.01. The SMILES string of the molecule is CC1(C)NC(=O)N(CCCC(=O)Nc2nc3ccccc3s2)C1=O. The van der Waals surface area contributed by atoms with Crippen molar-refractivity contribution in [2.45, 2.75) is 32.2 Å². The minimum absolute atomic E-state index is 0.180. The van der Waals surface area contributed by atoms with Crippen molar-refractivity contribution in [3.8, 4) is 0 Å². The number of imide groups is 1. The van der Waals surface area contributed by atoms with E-state index in [1.54, 1.807) is 13.8 Å². The summed E-state index contributed by atoms with van der Waals surface area (Å²) in [5.41, 5.74) is -0.0280. The predicted octanol–water partition coefficient (Wildman–Crippen LogP) is 2.35. The Balaban J connectivity index is 1.51. The van der Waals surface area contributed by atoms with Crippen LogP contribution < -0.4 is 10.6 Å². The fourth-order valence-corrected chi connectivity index (χ4v) is 3.41. The molecule has 4 amide bonds. The Hall–Kier alpha value is -2.48. The summed E-state index contributed by atoms with van der Waals surface area (Å²) in [6.45, 7) is 3.54. The molecule has 2 aromatic rings. The molecule has 1 aromatic heterocycles. The van der Waals surface area contributed by atoms with Gasteiger partial charge in [-0.15, -0.1) is 0 Å². The molecule has 0 atom stereocenters. The Bertz CT molecular complexity index is 782. The van der Waals surface area contributed by atoms with Gasteiger partial charge >= 0.3 is 6.03 Å². The van der Waals surface area contributed by atoms with E-state index in [4.69, 9.17) is 0 Å². The fraction of sp³-hybridized carbons (Fsp3) is 0.375. The molecule has 0 aliphatic carbocycles. The van der Waals surface area contributed by atoms with Crippen LogP contribution in [0, 0.1) is 0 Å². The number of aromatic nitrogens is 1. The molecule has 0 saturated carbocycles. The molecule has 1 aromatic carbocycles. The number of benzene rings is 1. The average molecular weight is 346 g/mol. The first kappa shape index (κ1) is 16.4. The number of fused-ring (bicyclic) bond motifs is 1. The van der Waals surface area contributed by atoms with Crippen LogP contribution in [-0.4, -0.2) is 39.8 Å². The summed E-state index contributed by atoms with van der Waals surface area (Å²) in [5, 5.41) is 5.93. The van der Waals surface area contributed by atoms with Crippen LogP contribution >= 0.6 is 11.3 Å². The standard InChI is InChI=1S/C16H18N4O3S/c1-16(2)13(22)20(15(23)19-16)9-5-8-12(21)18-14-17-10-6-3-4-7-11(10)24-14/h3-4,6-7H,5,8-9H2,1-2H3,(H,19,23)(H,17,18,21). The summed E-state index contributed by atoms with van der Waals surface area (Å²) in [5.74, 6) is -0.445. The van der Waals surface area contributed by atoms with Gasteiger partial charge in [-0.3, -0.25) is 14.5 Å². The first-order chi connectivity index (χ1) is 11.4. The lowest BCUT2D eigenvalue weighted by molar-refractivity contribution is -0.130. The van der Waals surface area contributed by atoms with Gasteiger partial charge in [0, 0.05) is 13.0 Å². The number of thiazole rings is 1. The molecule has 126 valence electrons. The molecular weight excluding hydrogens is 328 g/mol. The molecular formula is C16H18N4O3S. The highest BCUT2D eigenvalue weighted by molar-refractivity contribution is 7.22. The highest BCUT2D eigenvalue weighted by Crippen LogP contribution is 2.25. The molecule has 0 bridgehead atoms. The third-order valence-electron chi connectivity index (χ3n) is 3.77. The number of para-hydroxylation sites is 1. The molecule has 7 nitrogen and oxygen atoms in total. The number of rotatable bonds is 5. The maximum Gasteiger partial charge on any atom is 0.325 e. The van der Waals surface area contributed by atoms with Gasteiger partial charge in [0.2, 0.25) is 5.91 Å². The number of amides is 4. The van der Waals surface area contributed by atoms with Crippen molar-refractivity contribution in [1.82, 2.24) is 15.2 Å². The molecule has 8 heteroatoms. The molecule has 3 rings (SSSR count). The van der Waals surface area contributed by atoms with Crippen LogP contribution in [0.1, 0.15) is 26.7 Å². The maximum atomic E-state index is 12.0. The molecule has 2 heterocycles. The average Bonchev–Trinajstić information content (AvgIpc) is 2.99. The lowest BCUT2D eigenvalue weighted by atomic mass is 10.1. The van der Waals surface area contributed by atoms with Crippen LogP contribution in [0.5, 0.6) is 0 Å². The van der Waals surface area contributed by atoms with Gasteiger partial charge in [-0.2, -0.15) is 0 Å². The number of carbonyl (C=O) groups is 3. The van der Waals surface area contributed by atoms with Gasteiger partial charge < -0.3 is 10.6 Å². The van der Waals surface area contributed by atoms with Gasteiger partial charge in [-0.25, -0.2) is 9.78 Å². The zero-order valence-electron chi connectivity index (χ0n) is 13.5. The van der Waals surface area contributed by atoms with Crippen molar-refractivity contribution >= 4 is 44.5 Å². The summed E-state index contributed by atoms with van der Waals surface area (Å²) in [7, 11) is 0. The third kappa shape index (κ3) is 3.23. The number of carbonyl (C=O) groups excluding carboxylic acids is 3. The van der Waals surface area contributed by atoms with Crippen LogP contribution in [0.15, 0.2) is 24.3 Å². The van der Waals surface area contributed by atoms with E-state index in [9.17, 15) is 14.4 Å². The molecule has 0 radical (unpaired) electrons. The highest BCUT2D eigenvalue weighted by Gasteiger charge is 2.43. The topological polar surface area (TPSA) is 91.4 Å². The van der Waals surface area contributed by atoms with Gasteiger partial charge in [0.05, 0.1) is 10.2 Å². The molecule has 1 aliphatic rings. The van der Waals surface area contributed by atoms with Crippen molar-refractivity contribution in [2.75, 3.05) is 11.9 Å². The Morgan fingerprint density at radius 3 is 2.75 bits per heavy atom. The van der Waals surface area contributed by atoms with E-state index in [0.29, 0.717) is 11.6 Å². The molecule has 24 heavy (non-hydrogen) atoms. The number of hydrogen-bond acceptors (Lipinski definition) is 5. The van der Waals surface area contributed by atoms with Gasteiger partial charge in [0.1, 0.15) is 5.54 Å². The zero-order chi connectivity index (χ0) is 17.3. The highest BCUT2D eigenvalue weighted by atomic mass is 32.1. The van der Waals surface area contributed by atoms with Crippen molar-refractivity contribution in [1.29, 1.82) is 0 Å². The van der Waals surface area contributed by atoms with E-state index in [2.05, 4.69) is 15.6 Å². The second-order valence-corrected chi connectivity index (χ2v) is 7.18. The lowest BCUT2D eigenvalue weighted by Crippen LogP contribution is -2.40. The van der Waals surface area contributed by atoms with Gasteiger partial charge in [-0.1, -0.05) is 23.5 Å². The van der Waals surface area contributed by atoms with Crippen LogP contribution in [0.4, 0.5) is 9.93 Å². The Morgan fingerprint density at radius 2 is 2.08 bits per heavy atom. The van der Waals surface area contributed by atoms with E-state index in [1.165, 1.54) is 11.3 Å². The summed E-state index contributed by atoms with van der Waals surface area (Å²) >= 11 is 1.41.